The van der Waals surface area contributed by atoms with Gasteiger partial charge in [-0.15, -0.1) is 0 Å². The van der Waals surface area contributed by atoms with Gasteiger partial charge in [-0.2, -0.15) is 0 Å². The second kappa shape index (κ2) is 6.51. The predicted octanol–water partition coefficient (Wildman–Crippen LogP) is 4.05. The highest BCUT2D eigenvalue weighted by Gasteiger charge is 2.42. The molecule has 0 aliphatic carbocycles. The molecule has 0 spiro atoms. The van der Waals surface area contributed by atoms with Crippen molar-refractivity contribution >= 4 is 22.7 Å². The summed E-state index contributed by atoms with van der Waals surface area (Å²) in [4.78, 5) is 32.6. The van der Waals surface area contributed by atoms with Gasteiger partial charge in [-0.1, -0.05) is 12.1 Å². The van der Waals surface area contributed by atoms with Crippen LogP contribution in [0, 0.1) is 5.82 Å². The molecule has 1 fully saturated rings. The Labute approximate surface area is 173 Å². The van der Waals surface area contributed by atoms with Crippen LogP contribution in [0.1, 0.15) is 57.3 Å². The second-order valence-corrected chi connectivity index (χ2v) is 8.56. The molecule has 1 aromatic heterocycles. The highest BCUT2D eigenvalue weighted by atomic mass is 19.1. The van der Waals surface area contributed by atoms with Crippen molar-refractivity contribution in [1.29, 1.82) is 0 Å². The van der Waals surface area contributed by atoms with E-state index in [0.29, 0.717) is 23.7 Å². The number of hydrogen-bond acceptors (Lipinski definition) is 3. The minimum atomic E-state index is -0.207. The highest BCUT2D eigenvalue weighted by molar-refractivity contribution is 6.21. The summed E-state index contributed by atoms with van der Waals surface area (Å²) in [6, 6.07) is 12.7. The van der Waals surface area contributed by atoms with E-state index in [0.717, 1.165) is 43.1 Å². The average molecular weight is 403 g/mol. The number of carbonyl (C=O) groups excluding carboxylic acids is 2. The molecule has 0 radical (unpaired) electrons. The van der Waals surface area contributed by atoms with E-state index >= 15 is 0 Å². The van der Waals surface area contributed by atoms with Crippen molar-refractivity contribution in [1.82, 2.24) is 14.8 Å². The van der Waals surface area contributed by atoms with Crippen LogP contribution in [0.2, 0.25) is 0 Å². The maximum Gasteiger partial charge on any atom is 0.261 e. The molecule has 6 heteroatoms. The standard InChI is InChI=1S/C24H22FN3O2/c25-14-6-8-19-18(12-14)22-20(26-19)13-15-7-9-21(22)27(15)10-3-11-28-23(29)16-4-1-2-5-17(16)24(28)30/h1-2,4-6,8,12,15,21,26H,3,7,9-11,13H2/t15-,21+/m1/s1. The number of aromatic nitrogens is 1. The average Bonchev–Trinajstić information content (AvgIpc) is 3.33. The Bertz CT molecular complexity index is 1170. The summed E-state index contributed by atoms with van der Waals surface area (Å²) < 4.78 is 13.9. The molecule has 2 bridgehead atoms. The maximum absolute atomic E-state index is 13.9. The van der Waals surface area contributed by atoms with Gasteiger partial charge in [0, 0.05) is 48.2 Å². The van der Waals surface area contributed by atoms with Gasteiger partial charge in [-0.3, -0.25) is 19.4 Å². The first-order valence-corrected chi connectivity index (χ1v) is 10.6. The molecule has 2 aromatic carbocycles. The molecule has 0 unspecified atom stereocenters. The van der Waals surface area contributed by atoms with Gasteiger partial charge < -0.3 is 4.98 Å². The molecule has 1 N–H and O–H groups in total. The smallest absolute Gasteiger partial charge is 0.261 e. The van der Waals surface area contributed by atoms with E-state index < -0.39 is 0 Å². The third-order valence-electron chi connectivity index (χ3n) is 6.97. The molecule has 3 aliphatic heterocycles. The van der Waals surface area contributed by atoms with Crippen LogP contribution in [0.15, 0.2) is 42.5 Å². The molecule has 30 heavy (non-hydrogen) atoms. The number of amides is 2. The molecule has 3 aromatic rings. The lowest BCUT2D eigenvalue weighted by Gasteiger charge is -2.35. The summed E-state index contributed by atoms with van der Waals surface area (Å²) in [6.07, 6.45) is 3.87. The Morgan fingerprint density at radius 2 is 1.77 bits per heavy atom. The summed E-state index contributed by atoms with van der Waals surface area (Å²) in [5.74, 6) is -0.584. The number of hydrogen-bond donors (Lipinski definition) is 1. The van der Waals surface area contributed by atoms with Crippen molar-refractivity contribution in [3.05, 3.63) is 70.7 Å². The van der Waals surface area contributed by atoms with E-state index in [2.05, 4.69) is 9.88 Å². The van der Waals surface area contributed by atoms with Crippen LogP contribution < -0.4 is 0 Å². The first-order valence-electron chi connectivity index (χ1n) is 10.6. The van der Waals surface area contributed by atoms with Gasteiger partial charge in [0.2, 0.25) is 0 Å². The van der Waals surface area contributed by atoms with E-state index in [1.54, 1.807) is 30.3 Å². The number of fused-ring (bicyclic) bond motifs is 7. The number of nitrogens with zero attached hydrogens (tertiary/aromatic N) is 2. The van der Waals surface area contributed by atoms with Crippen molar-refractivity contribution in [3.8, 4) is 0 Å². The summed E-state index contributed by atoms with van der Waals surface area (Å²) in [5, 5.41) is 0.987. The maximum atomic E-state index is 13.9. The number of benzene rings is 2. The largest absolute Gasteiger partial charge is 0.358 e. The molecule has 2 atom stereocenters. The monoisotopic (exact) mass is 403 g/mol. The van der Waals surface area contributed by atoms with Gasteiger partial charge >= 0.3 is 0 Å². The molecular weight excluding hydrogens is 381 g/mol. The molecule has 0 saturated carbocycles. The van der Waals surface area contributed by atoms with E-state index in [9.17, 15) is 14.0 Å². The fourth-order valence-electron chi connectivity index (χ4n) is 5.68. The predicted molar refractivity (Wildman–Crippen MR) is 111 cm³/mol. The fraction of sp³-hybridized carbons (Fsp3) is 0.333. The van der Waals surface area contributed by atoms with Crippen molar-refractivity contribution < 1.29 is 14.0 Å². The zero-order valence-corrected chi connectivity index (χ0v) is 16.5. The van der Waals surface area contributed by atoms with E-state index in [1.165, 1.54) is 22.2 Å². The fourth-order valence-corrected chi connectivity index (χ4v) is 5.68. The van der Waals surface area contributed by atoms with Crippen LogP contribution in [0.3, 0.4) is 0 Å². The Morgan fingerprint density at radius 3 is 2.53 bits per heavy atom. The number of nitrogens with one attached hydrogen (secondary N) is 1. The van der Waals surface area contributed by atoms with Crippen LogP contribution in [0.5, 0.6) is 0 Å². The number of H-pyrrole nitrogens is 1. The Kier molecular flexibility index (Phi) is 3.87. The van der Waals surface area contributed by atoms with Gasteiger partial charge in [0.25, 0.3) is 11.8 Å². The lowest BCUT2D eigenvalue weighted by Crippen LogP contribution is -2.39. The Hall–Kier alpha value is -2.99. The summed E-state index contributed by atoms with van der Waals surface area (Å²) >= 11 is 0. The lowest BCUT2D eigenvalue weighted by molar-refractivity contribution is 0.0642. The van der Waals surface area contributed by atoms with Gasteiger partial charge in [-0.25, -0.2) is 4.39 Å². The van der Waals surface area contributed by atoms with Crippen LogP contribution in [-0.2, 0) is 6.42 Å². The van der Waals surface area contributed by atoms with Crippen molar-refractivity contribution in [2.45, 2.75) is 37.8 Å². The van der Waals surface area contributed by atoms with Crippen LogP contribution in [-0.4, -0.2) is 45.7 Å². The SMILES string of the molecule is O=C1c2ccccc2C(=O)N1CCCN1[C@@H]2CC[C@H]1c1c([nH]c3ccc(F)cc13)C2. The summed E-state index contributed by atoms with van der Waals surface area (Å²) in [5.41, 5.74) is 4.48. The van der Waals surface area contributed by atoms with Gasteiger partial charge in [0.15, 0.2) is 0 Å². The van der Waals surface area contributed by atoms with E-state index in [1.807, 2.05) is 6.07 Å². The third-order valence-corrected chi connectivity index (χ3v) is 6.97. The third kappa shape index (κ3) is 2.50. The topological polar surface area (TPSA) is 56.4 Å². The zero-order valence-electron chi connectivity index (χ0n) is 16.5. The molecule has 6 rings (SSSR count). The molecule has 1 saturated heterocycles. The summed E-state index contributed by atoms with van der Waals surface area (Å²) in [7, 11) is 0. The zero-order chi connectivity index (χ0) is 20.4. The molecule has 4 heterocycles. The highest BCUT2D eigenvalue weighted by Crippen LogP contribution is 2.46. The first kappa shape index (κ1) is 17.8. The number of halogens is 1. The van der Waals surface area contributed by atoms with Crippen molar-refractivity contribution in [2.75, 3.05) is 13.1 Å². The quantitative estimate of drug-likeness (QED) is 0.669. The molecular formula is C24H22FN3O2. The van der Waals surface area contributed by atoms with Crippen LogP contribution in [0.25, 0.3) is 10.9 Å². The molecule has 2 amide bonds. The van der Waals surface area contributed by atoms with Crippen molar-refractivity contribution in [2.24, 2.45) is 0 Å². The summed E-state index contributed by atoms with van der Waals surface area (Å²) in [6.45, 7) is 1.25. The van der Waals surface area contributed by atoms with Gasteiger partial charge in [0.1, 0.15) is 5.82 Å². The minimum Gasteiger partial charge on any atom is -0.358 e. The van der Waals surface area contributed by atoms with Crippen LogP contribution in [0.4, 0.5) is 4.39 Å². The molecule has 152 valence electrons. The Morgan fingerprint density at radius 1 is 1.00 bits per heavy atom. The molecule has 5 nitrogen and oxygen atoms in total. The molecule has 3 aliphatic rings. The van der Waals surface area contributed by atoms with Gasteiger partial charge in [0.05, 0.1) is 11.1 Å². The van der Waals surface area contributed by atoms with Gasteiger partial charge in [-0.05, 0) is 55.2 Å². The van der Waals surface area contributed by atoms with E-state index in [4.69, 9.17) is 0 Å². The number of carbonyl (C=O) groups is 2. The van der Waals surface area contributed by atoms with Crippen LogP contribution >= 0.6 is 0 Å². The minimum absolute atomic E-state index is 0.188. The Balaban J connectivity index is 1.20. The lowest BCUT2D eigenvalue weighted by atomic mass is 9.96. The number of aromatic amines is 1. The number of imide groups is 1. The van der Waals surface area contributed by atoms with Crippen molar-refractivity contribution in [3.63, 3.8) is 0 Å². The second-order valence-electron chi connectivity index (χ2n) is 8.56. The number of rotatable bonds is 4. The van der Waals surface area contributed by atoms with E-state index in [-0.39, 0.29) is 23.7 Å². The normalized spacial score (nSPS) is 22.8. The first-order chi connectivity index (χ1) is 14.6.